The Morgan fingerprint density at radius 3 is 2.59 bits per heavy atom. The number of pyridine rings is 1. The maximum atomic E-state index is 11.8. The second-order valence-corrected chi connectivity index (χ2v) is 6.34. The molecule has 0 aliphatic rings. The fourth-order valence-corrected chi connectivity index (χ4v) is 3.00. The number of fused-ring (bicyclic) bond motifs is 1. The number of hydrogen-bond donors (Lipinski definition) is 1. The van der Waals surface area contributed by atoms with Crippen LogP contribution in [0.15, 0.2) is 73.2 Å². The Morgan fingerprint density at radius 1 is 1.00 bits per heavy atom. The van der Waals surface area contributed by atoms with Gasteiger partial charge in [-0.15, -0.1) is 0 Å². The van der Waals surface area contributed by atoms with Crippen LogP contribution in [0.3, 0.4) is 0 Å². The Bertz CT molecular complexity index is 1160. The summed E-state index contributed by atoms with van der Waals surface area (Å²) >= 11 is 0. The highest BCUT2D eigenvalue weighted by atomic mass is 16.6. The molecule has 8 nitrogen and oxygen atoms in total. The van der Waals surface area contributed by atoms with E-state index >= 15 is 0 Å². The van der Waals surface area contributed by atoms with E-state index in [1.54, 1.807) is 18.3 Å². The SMILES string of the molecule is CC(Nc1ncnc(Oc2cccc3cccnc23)c1[N+](=O)[O-])c1ccccc1. The monoisotopic (exact) mass is 387 g/mol. The minimum absolute atomic E-state index is 0.0875. The zero-order chi connectivity index (χ0) is 20.2. The highest BCUT2D eigenvalue weighted by Crippen LogP contribution is 2.37. The summed E-state index contributed by atoms with van der Waals surface area (Å²) in [7, 11) is 0. The molecule has 2 aromatic heterocycles. The maximum Gasteiger partial charge on any atom is 0.373 e. The van der Waals surface area contributed by atoms with Crippen molar-refractivity contribution in [3.63, 3.8) is 0 Å². The number of nitrogens with zero attached hydrogens (tertiary/aromatic N) is 4. The molecule has 1 unspecified atom stereocenters. The molecule has 0 amide bonds. The lowest BCUT2D eigenvalue weighted by atomic mass is 10.1. The minimum Gasteiger partial charge on any atom is -0.431 e. The molecule has 0 saturated carbocycles. The molecule has 2 aromatic carbocycles. The van der Waals surface area contributed by atoms with Crippen LogP contribution in [0.25, 0.3) is 10.9 Å². The number of aromatic nitrogens is 3. The van der Waals surface area contributed by atoms with Gasteiger partial charge in [-0.1, -0.05) is 48.5 Å². The van der Waals surface area contributed by atoms with Gasteiger partial charge in [-0.05, 0) is 24.6 Å². The van der Waals surface area contributed by atoms with E-state index in [1.807, 2.05) is 55.5 Å². The number of benzene rings is 2. The summed E-state index contributed by atoms with van der Waals surface area (Å²) in [5.74, 6) is 0.322. The zero-order valence-electron chi connectivity index (χ0n) is 15.5. The van der Waals surface area contributed by atoms with Gasteiger partial charge in [0.2, 0.25) is 5.82 Å². The third-order valence-corrected chi connectivity index (χ3v) is 4.43. The van der Waals surface area contributed by atoms with Crippen molar-refractivity contribution < 1.29 is 9.66 Å². The Balaban J connectivity index is 1.71. The second-order valence-electron chi connectivity index (χ2n) is 6.34. The average molecular weight is 387 g/mol. The van der Waals surface area contributed by atoms with Crippen molar-refractivity contribution in [3.05, 3.63) is 88.9 Å². The molecule has 1 N–H and O–H groups in total. The third-order valence-electron chi connectivity index (χ3n) is 4.43. The van der Waals surface area contributed by atoms with Crippen molar-refractivity contribution in [2.75, 3.05) is 5.32 Å². The van der Waals surface area contributed by atoms with Gasteiger partial charge >= 0.3 is 11.6 Å². The van der Waals surface area contributed by atoms with Crippen LogP contribution in [0.4, 0.5) is 11.5 Å². The van der Waals surface area contributed by atoms with Crippen molar-refractivity contribution in [3.8, 4) is 11.6 Å². The van der Waals surface area contributed by atoms with E-state index in [9.17, 15) is 10.1 Å². The van der Waals surface area contributed by atoms with E-state index in [4.69, 9.17) is 4.74 Å². The van der Waals surface area contributed by atoms with Gasteiger partial charge in [-0.3, -0.25) is 15.1 Å². The van der Waals surface area contributed by atoms with Crippen LogP contribution >= 0.6 is 0 Å². The number of nitrogens with one attached hydrogen (secondary N) is 1. The highest BCUT2D eigenvalue weighted by Gasteiger charge is 2.26. The Morgan fingerprint density at radius 2 is 1.79 bits per heavy atom. The van der Waals surface area contributed by atoms with Crippen molar-refractivity contribution in [1.29, 1.82) is 0 Å². The summed E-state index contributed by atoms with van der Waals surface area (Å²) in [4.78, 5) is 23.6. The fourth-order valence-electron chi connectivity index (χ4n) is 3.00. The molecule has 4 aromatic rings. The van der Waals surface area contributed by atoms with Gasteiger partial charge in [-0.2, -0.15) is 4.98 Å². The lowest BCUT2D eigenvalue weighted by molar-refractivity contribution is -0.385. The zero-order valence-corrected chi connectivity index (χ0v) is 15.5. The molecule has 29 heavy (non-hydrogen) atoms. The van der Waals surface area contributed by atoms with E-state index in [-0.39, 0.29) is 23.4 Å². The predicted octanol–water partition coefficient (Wildman–Crippen LogP) is 4.90. The van der Waals surface area contributed by atoms with Crippen LogP contribution in [-0.2, 0) is 0 Å². The summed E-state index contributed by atoms with van der Waals surface area (Å²) < 4.78 is 5.82. The predicted molar refractivity (Wildman–Crippen MR) is 109 cm³/mol. The van der Waals surface area contributed by atoms with Crippen molar-refractivity contribution in [2.45, 2.75) is 13.0 Å². The van der Waals surface area contributed by atoms with Crippen LogP contribution in [0.5, 0.6) is 11.6 Å². The van der Waals surface area contributed by atoms with Crippen LogP contribution in [0, 0.1) is 10.1 Å². The van der Waals surface area contributed by atoms with E-state index in [1.165, 1.54) is 6.33 Å². The lowest BCUT2D eigenvalue weighted by Crippen LogP contribution is -2.11. The third kappa shape index (κ3) is 3.81. The lowest BCUT2D eigenvalue weighted by Gasteiger charge is -2.15. The van der Waals surface area contributed by atoms with Gasteiger partial charge in [0.1, 0.15) is 11.8 Å². The molecule has 4 rings (SSSR count). The number of hydrogen-bond acceptors (Lipinski definition) is 7. The van der Waals surface area contributed by atoms with Gasteiger partial charge in [0, 0.05) is 11.6 Å². The topological polar surface area (TPSA) is 103 Å². The van der Waals surface area contributed by atoms with Crippen LogP contribution < -0.4 is 10.1 Å². The van der Waals surface area contributed by atoms with Crippen molar-refractivity contribution in [1.82, 2.24) is 15.0 Å². The minimum atomic E-state index is -0.548. The first-order valence-corrected chi connectivity index (χ1v) is 8.96. The Hall–Kier alpha value is -4.07. The summed E-state index contributed by atoms with van der Waals surface area (Å²) in [6.07, 6.45) is 2.87. The molecular weight excluding hydrogens is 370 g/mol. The van der Waals surface area contributed by atoms with E-state index in [0.29, 0.717) is 11.3 Å². The maximum absolute atomic E-state index is 11.8. The van der Waals surface area contributed by atoms with Gasteiger partial charge in [0.05, 0.1) is 11.0 Å². The van der Waals surface area contributed by atoms with Crippen molar-refractivity contribution in [2.24, 2.45) is 0 Å². The summed E-state index contributed by atoms with van der Waals surface area (Å²) in [5, 5.41) is 15.7. The first-order chi connectivity index (χ1) is 14.1. The van der Waals surface area contributed by atoms with Gasteiger partial charge in [-0.25, -0.2) is 4.98 Å². The van der Waals surface area contributed by atoms with Gasteiger partial charge in [0.15, 0.2) is 5.75 Å². The number of para-hydroxylation sites is 1. The van der Waals surface area contributed by atoms with E-state index in [0.717, 1.165) is 10.9 Å². The largest absolute Gasteiger partial charge is 0.431 e. The quantitative estimate of drug-likeness (QED) is 0.371. The molecule has 0 aliphatic heterocycles. The van der Waals surface area contributed by atoms with Crippen LogP contribution in [0.2, 0.25) is 0 Å². The van der Waals surface area contributed by atoms with Crippen LogP contribution in [-0.4, -0.2) is 19.9 Å². The van der Waals surface area contributed by atoms with E-state index < -0.39 is 4.92 Å². The van der Waals surface area contributed by atoms with Crippen molar-refractivity contribution >= 4 is 22.4 Å². The average Bonchev–Trinajstić information content (AvgIpc) is 2.74. The number of ether oxygens (including phenoxy) is 1. The fraction of sp³-hybridized carbons (Fsp3) is 0.0952. The normalized spacial score (nSPS) is 11.8. The summed E-state index contributed by atoms with van der Waals surface area (Å²) in [5.41, 5.74) is 1.24. The number of anilines is 1. The Labute approximate surface area is 166 Å². The van der Waals surface area contributed by atoms with Crippen LogP contribution in [0.1, 0.15) is 18.5 Å². The first-order valence-electron chi connectivity index (χ1n) is 8.96. The van der Waals surface area contributed by atoms with E-state index in [2.05, 4.69) is 20.3 Å². The van der Waals surface area contributed by atoms with Gasteiger partial charge in [0.25, 0.3) is 0 Å². The number of nitro groups is 1. The molecule has 0 radical (unpaired) electrons. The standard InChI is InChI=1S/C21H17N5O3/c1-14(15-7-3-2-4-8-15)25-20-19(26(27)28)21(24-13-23-20)29-17-11-5-9-16-10-6-12-22-18(16)17/h2-14H,1H3,(H,23,24,25). The molecule has 144 valence electrons. The summed E-state index contributed by atoms with van der Waals surface area (Å²) in [6.45, 7) is 1.90. The molecular formula is C21H17N5O3. The second kappa shape index (κ2) is 7.89. The molecule has 0 spiro atoms. The smallest absolute Gasteiger partial charge is 0.373 e. The molecule has 0 saturated heterocycles. The summed E-state index contributed by atoms with van der Waals surface area (Å²) in [6, 6.07) is 18.5. The number of rotatable bonds is 6. The molecule has 0 fully saturated rings. The van der Waals surface area contributed by atoms with Gasteiger partial charge < -0.3 is 10.1 Å². The molecule has 8 heteroatoms. The molecule has 0 aliphatic carbocycles. The highest BCUT2D eigenvalue weighted by molar-refractivity contribution is 5.84. The molecule has 2 heterocycles. The molecule has 0 bridgehead atoms. The Kier molecular flexibility index (Phi) is 4.98. The molecule has 1 atom stereocenters. The first kappa shape index (κ1) is 18.3.